The summed E-state index contributed by atoms with van der Waals surface area (Å²) in [6.07, 6.45) is 1.80. The van der Waals surface area contributed by atoms with E-state index >= 15 is 0 Å². The van der Waals surface area contributed by atoms with E-state index in [4.69, 9.17) is 0 Å². The molecular weight excluding hydrogens is 481 g/mol. The quantitative estimate of drug-likeness (QED) is 0.282. The number of amides is 1. The van der Waals surface area contributed by atoms with Gasteiger partial charge in [-0.3, -0.25) is 20.1 Å². The molecule has 1 fully saturated rings. The third kappa shape index (κ3) is 8.32. The van der Waals surface area contributed by atoms with Crippen LogP contribution >= 0.6 is 0 Å². The highest BCUT2D eigenvalue weighted by Crippen LogP contribution is 2.35. The molecule has 2 atom stereocenters. The average Bonchev–Trinajstić information content (AvgIpc) is 2.78. The maximum Gasteiger partial charge on any atom is 0.417 e. The number of nitrogens with zero attached hydrogens (tertiary/aromatic N) is 4. The van der Waals surface area contributed by atoms with E-state index in [2.05, 4.69) is 20.3 Å². The average molecular weight is 514 g/mol. The third-order valence-electron chi connectivity index (χ3n) is 5.73. The molecule has 1 N–H and O–H groups in total. The molecule has 11 heteroatoms. The Morgan fingerprint density at radius 2 is 2.00 bits per heavy atom. The fourth-order valence-corrected chi connectivity index (χ4v) is 3.94. The van der Waals surface area contributed by atoms with Gasteiger partial charge >= 0.3 is 6.18 Å². The van der Waals surface area contributed by atoms with Crippen molar-refractivity contribution < 1.29 is 26.7 Å². The Labute approximate surface area is 208 Å². The number of alkyl halides is 5. The summed E-state index contributed by atoms with van der Waals surface area (Å²) in [6, 6.07) is 2.80. The first kappa shape index (κ1) is 29.3. The van der Waals surface area contributed by atoms with Crippen molar-refractivity contribution in [2.24, 2.45) is 15.9 Å². The van der Waals surface area contributed by atoms with Crippen molar-refractivity contribution in [3.63, 3.8) is 0 Å². The van der Waals surface area contributed by atoms with Crippen LogP contribution in [-0.4, -0.2) is 66.1 Å². The minimum atomic E-state index is -4.51. The Morgan fingerprint density at radius 3 is 2.64 bits per heavy atom. The highest BCUT2D eigenvalue weighted by Gasteiger charge is 2.46. The first-order valence-electron chi connectivity index (χ1n) is 11.6. The van der Waals surface area contributed by atoms with Gasteiger partial charge in [0.05, 0.1) is 25.3 Å². The molecule has 0 saturated carbocycles. The second kappa shape index (κ2) is 12.8. The molecule has 2 heterocycles. The molecule has 1 aliphatic rings. The van der Waals surface area contributed by atoms with Crippen LogP contribution in [0.5, 0.6) is 0 Å². The number of allylic oxidation sites excluding steroid dienone is 4. The number of nitrogens with one attached hydrogen (secondary N) is 1. The number of aryl methyl sites for hydroxylation is 1. The monoisotopic (exact) mass is 513 g/mol. The van der Waals surface area contributed by atoms with E-state index in [1.165, 1.54) is 6.92 Å². The summed E-state index contributed by atoms with van der Waals surface area (Å²) in [4.78, 5) is 26.9. The Kier molecular flexibility index (Phi) is 10.4. The molecule has 2 rings (SSSR count). The first-order chi connectivity index (χ1) is 16.9. The number of aromatic nitrogens is 1. The second-order valence-corrected chi connectivity index (χ2v) is 8.68. The Morgan fingerprint density at radius 1 is 1.28 bits per heavy atom. The maximum absolute atomic E-state index is 14.5. The summed E-state index contributed by atoms with van der Waals surface area (Å²) in [6.45, 7) is 5.71. The van der Waals surface area contributed by atoms with Gasteiger partial charge in [-0.25, -0.2) is 13.8 Å². The van der Waals surface area contributed by atoms with Crippen molar-refractivity contribution in [3.8, 4) is 0 Å². The Hall–Kier alpha value is -2.95. The van der Waals surface area contributed by atoms with Gasteiger partial charge in [0.25, 0.3) is 11.8 Å². The van der Waals surface area contributed by atoms with Crippen LogP contribution in [0.3, 0.4) is 0 Å². The summed E-state index contributed by atoms with van der Waals surface area (Å²) in [5, 5.41) is 2.87. The van der Waals surface area contributed by atoms with E-state index in [-0.39, 0.29) is 25.5 Å². The van der Waals surface area contributed by atoms with E-state index in [9.17, 15) is 26.7 Å². The Balaban J connectivity index is 2.23. The van der Waals surface area contributed by atoms with Crippen LogP contribution in [0.15, 0.2) is 45.9 Å². The van der Waals surface area contributed by atoms with Gasteiger partial charge in [0.15, 0.2) is 0 Å². The van der Waals surface area contributed by atoms with Gasteiger partial charge in [-0.15, -0.1) is 0 Å². The predicted octanol–water partition coefficient (Wildman–Crippen LogP) is 5.15. The zero-order valence-corrected chi connectivity index (χ0v) is 20.8. The second-order valence-electron chi connectivity index (χ2n) is 8.68. The number of hydrogen-bond acceptors (Lipinski definition) is 5. The molecule has 1 aromatic heterocycles. The van der Waals surface area contributed by atoms with Gasteiger partial charge in [0.1, 0.15) is 5.69 Å². The number of hydrogen-bond donors (Lipinski definition) is 1. The highest BCUT2D eigenvalue weighted by molar-refractivity contribution is 5.94. The fourth-order valence-electron chi connectivity index (χ4n) is 3.94. The van der Waals surface area contributed by atoms with Crippen molar-refractivity contribution in [3.05, 3.63) is 52.9 Å². The molecule has 1 aromatic rings. The lowest BCUT2D eigenvalue weighted by molar-refractivity contribution is -0.0916. The smallest absolute Gasteiger partial charge is 0.327 e. The summed E-state index contributed by atoms with van der Waals surface area (Å²) >= 11 is 0. The van der Waals surface area contributed by atoms with Gasteiger partial charge in [-0.2, -0.15) is 13.2 Å². The SMILES string of the molecule is C/C=C\C=N/Cc1ccc(C)nc1C(=O)N1CC(F)(F)CC(C)C1CNC/N=C\C(=C/C)C(F)(F)F. The number of halogens is 5. The number of carbonyl (C=O) groups is 1. The van der Waals surface area contributed by atoms with Crippen molar-refractivity contribution >= 4 is 18.3 Å². The molecular formula is C25H32F5N5O. The van der Waals surface area contributed by atoms with E-state index in [1.807, 2.05) is 6.92 Å². The first-order valence-corrected chi connectivity index (χ1v) is 11.6. The topological polar surface area (TPSA) is 70.0 Å². The molecule has 0 bridgehead atoms. The fraction of sp³-hybridized carbons (Fsp3) is 0.520. The van der Waals surface area contributed by atoms with Crippen LogP contribution in [0.2, 0.25) is 0 Å². The summed E-state index contributed by atoms with van der Waals surface area (Å²) in [7, 11) is 0. The molecule has 0 aliphatic carbocycles. The van der Waals surface area contributed by atoms with Gasteiger partial charge in [0, 0.05) is 42.7 Å². The van der Waals surface area contributed by atoms with Crippen LogP contribution in [-0.2, 0) is 6.54 Å². The van der Waals surface area contributed by atoms with Gasteiger partial charge < -0.3 is 4.90 Å². The normalized spacial score (nSPS) is 21.2. The van der Waals surface area contributed by atoms with Crippen molar-refractivity contribution in [1.82, 2.24) is 15.2 Å². The van der Waals surface area contributed by atoms with Gasteiger partial charge in [0.2, 0.25) is 0 Å². The van der Waals surface area contributed by atoms with Crippen LogP contribution in [0.4, 0.5) is 22.0 Å². The molecule has 2 unspecified atom stereocenters. The maximum atomic E-state index is 14.5. The zero-order chi connectivity index (χ0) is 26.9. The highest BCUT2D eigenvalue weighted by atomic mass is 19.4. The van der Waals surface area contributed by atoms with E-state index in [1.54, 1.807) is 44.3 Å². The van der Waals surface area contributed by atoms with E-state index < -0.39 is 48.5 Å². The standard InChI is InChI=1S/C25H32F5N5O/c1-5-7-10-31-12-19-9-8-18(4)34-22(19)23(36)35-15-24(26,27)11-17(3)21(35)14-33-16-32-13-20(6-2)25(28,29)30/h5-10,13,17,21,33H,11-12,14-16H2,1-4H3/b7-5-,20-6+,31-10-,32-13-. The molecule has 0 spiro atoms. The number of pyridine rings is 1. The number of aliphatic imine (C=N–C) groups is 2. The molecule has 0 radical (unpaired) electrons. The van der Waals surface area contributed by atoms with Gasteiger partial charge in [-0.05, 0) is 38.8 Å². The summed E-state index contributed by atoms with van der Waals surface area (Å²) in [5.74, 6) is -4.29. The summed E-state index contributed by atoms with van der Waals surface area (Å²) < 4.78 is 67.4. The lowest BCUT2D eigenvalue weighted by Crippen LogP contribution is -2.58. The molecule has 1 aliphatic heterocycles. The van der Waals surface area contributed by atoms with Crippen LogP contribution in [0.25, 0.3) is 0 Å². The Bertz CT molecular complexity index is 1020. The van der Waals surface area contributed by atoms with Crippen LogP contribution in [0, 0.1) is 12.8 Å². The minimum Gasteiger partial charge on any atom is -0.327 e. The van der Waals surface area contributed by atoms with Crippen LogP contribution < -0.4 is 5.32 Å². The molecule has 198 valence electrons. The lowest BCUT2D eigenvalue weighted by atomic mass is 9.88. The molecule has 1 amide bonds. The summed E-state index contributed by atoms with van der Waals surface area (Å²) in [5.41, 5.74) is 0.241. The largest absolute Gasteiger partial charge is 0.417 e. The number of likely N-dealkylation sites (tertiary alicyclic amines) is 1. The molecule has 0 aromatic carbocycles. The number of piperidine rings is 1. The number of rotatable bonds is 9. The van der Waals surface area contributed by atoms with Crippen molar-refractivity contribution in [2.45, 2.75) is 58.8 Å². The van der Waals surface area contributed by atoms with Crippen molar-refractivity contribution in [2.75, 3.05) is 19.8 Å². The molecule has 6 nitrogen and oxygen atoms in total. The van der Waals surface area contributed by atoms with Gasteiger partial charge in [-0.1, -0.05) is 25.1 Å². The molecule has 36 heavy (non-hydrogen) atoms. The minimum absolute atomic E-state index is 0.0588. The van der Waals surface area contributed by atoms with E-state index in [0.717, 1.165) is 11.0 Å². The predicted molar refractivity (Wildman–Crippen MR) is 131 cm³/mol. The number of carbonyl (C=O) groups excluding carboxylic acids is 1. The third-order valence-corrected chi connectivity index (χ3v) is 5.73. The zero-order valence-electron chi connectivity index (χ0n) is 20.8. The van der Waals surface area contributed by atoms with Crippen molar-refractivity contribution in [1.29, 1.82) is 0 Å². The van der Waals surface area contributed by atoms with E-state index in [0.29, 0.717) is 17.5 Å². The lowest BCUT2D eigenvalue weighted by Gasteiger charge is -2.43. The van der Waals surface area contributed by atoms with Crippen LogP contribution in [0.1, 0.15) is 48.9 Å². The molecule has 1 saturated heterocycles.